The van der Waals surface area contributed by atoms with Gasteiger partial charge in [-0.1, -0.05) is 25.1 Å². The fourth-order valence-corrected chi connectivity index (χ4v) is 4.69. The van der Waals surface area contributed by atoms with E-state index in [1.807, 2.05) is 0 Å². The molecule has 1 aromatic carbocycles. The highest BCUT2D eigenvalue weighted by molar-refractivity contribution is 9.10. The number of benzene rings is 1. The highest BCUT2D eigenvalue weighted by Gasteiger charge is 2.36. The van der Waals surface area contributed by atoms with Gasteiger partial charge in [-0.3, -0.25) is 9.69 Å². The lowest BCUT2D eigenvalue weighted by atomic mass is 9.79. The Balaban J connectivity index is 1.78. The molecule has 1 aliphatic carbocycles. The Morgan fingerprint density at radius 2 is 2.28 bits per heavy atom. The minimum absolute atomic E-state index is 0.0931. The van der Waals surface area contributed by atoms with E-state index < -0.39 is 0 Å². The minimum Gasteiger partial charge on any atom is -0.353 e. The number of H-pyrrole nitrogens is 1. The molecule has 0 saturated heterocycles. The van der Waals surface area contributed by atoms with Crippen LogP contribution in [0, 0.1) is 5.92 Å². The molecule has 3 atom stereocenters. The summed E-state index contributed by atoms with van der Waals surface area (Å²) in [6.45, 7) is 4.93. The average Bonchev–Trinajstić information content (AvgIpc) is 2.92. The molecule has 0 fully saturated rings. The van der Waals surface area contributed by atoms with Crippen molar-refractivity contribution in [3.8, 4) is 0 Å². The molecule has 0 unspecified atom stereocenters. The summed E-state index contributed by atoms with van der Waals surface area (Å²) in [6.07, 6.45) is 4.13. The van der Waals surface area contributed by atoms with Gasteiger partial charge < -0.3 is 10.3 Å². The van der Waals surface area contributed by atoms with Crippen molar-refractivity contribution >= 4 is 38.3 Å². The van der Waals surface area contributed by atoms with E-state index in [2.05, 4.69) is 76.3 Å². The normalized spacial score (nSPS) is 23.9. The van der Waals surface area contributed by atoms with Crippen molar-refractivity contribution in [2.24, 2.45) is 5.92 Å². The summed E-state index contributed by atoms with van der Waals surface area (Å²) in [5.41, 5.74) is 5.07. The molecular formula is C20H24BrN3O. The summed E-state index contributed by atoms with van der Waals surface area (Å²) in [5.74, 6) is 0.0461. The van der Waals surface area contributed by atoms with Gasteiger partial charge in [0.05, 0.1) is 10.5 Å². The maximum Gasteiger partial charge on any atom is 0.228 e. The summed E-state index contributed by atoms with van der Waals surface area (Å²) in [5, 5.41) is 4.44. The van der Waals surface area contributed by atoms with Crippen molar-refractivity contribution in [3.05, 3.63) is 40.0 Å². The smallest absolute Gasteiger partial charge is 0.228 e. The molecule has 25 heavy (non-hydrogen) atoms. The second kappa shape index (κ2) is 6.29. The van der Waals surface area contributed by atoms with Crippen LogP contribution in [0.3, 0.4) is 0 Å². The van der Waals surface area contributed by atoms with Gasteiger partial charge in [-0.2, -0.15) is 0 Å². The van der Waals surface area contributed by atoms with E-state index in [0.29, 0.717) is 6.04 Å². The number of likely N-dealkylation sites (N-methyl/N-ethyl adjacent to an activating group) is 1. The SMILES string of the molecule is CC[C@@H](C)NC(=O)[C@@H]1C=C2c3cccc4[nH]c(Br)c(c34)C[C@H]2N(C)C1. The Morgan fingerprint density at radius 1 is 1.48 bits per heavy atom. The maximum absolute atomic E-state index is 12.7. The van der Waals surface area contributed by atoms with Gasteiger partial charge in [0.2, 0.25) is 5.91 Å². The van der Waals surface area contributed by atoms with Gasteiger partial charge in [0, 0.05) is 29.5 Å². The summed E-state index contributed by atoms with van der Waals surface area (Å²) < 4.78 is 1.08. The second-order valence-electron chi connectivity index (χ2n) is 7.35. The molecule has 0 spiro atoms. The maximum atomic E-state index is 12.7. The zero-order chi connectivity index (χ0) is 17.7. The van der Waals surface area contributed by atoms with E-state index in [9.17, 15) is 4.79 Å². The number of nitrogens with zero attached hydrogens (tertiary/aromatic N) is 1. The number of carbonyl (C=O) groups is 1. The van der Waals surface area contributed by atoms with Gasteiger partial charge in [0.1, 0.15) is 0 Å². The summed E-state index contributed by atoms with van der Waals surface area (Å²) >= 11 is 3.69. The lowest BCUT2D eigenvalue weighted by molar-refractivity contribution is -0.124. The van der Waals surface area contributed by atoms with Crippen molar-refractivity contribution in [1.82, 2.24) is 15.2 Å². The number of nitrogens with one attached hydrogen (secondary N) is 2. The number of fused-ring (bicyclic) bond motifs is 2. The molecule has 4 rings (SSSR count). The number of amides is 1. The molecule has 0 radical (unpaired) electrons. The summed E-state index contributed by atoms with van der Waals surface area (Å²) in [7, 11) is 2.13. The lowest BCUT2D eigenvalue weighted by Crippen LogP contribution is -2.47. The topological polar surface area (TPSA) is 48.1 Å². The van der Waals surface area contributed by atoms with E-state index in [0.717, 1.165) is 29.5 Å². The van der Waals surface area contributed by atoms with Crippen LogP contribution in [0.1, 0.15) is 31.4 Å². The third kappa shape index (κ3) is 2.74. The Hall–Kier alpha value is -1.59. The molecular weight excluding hydrogens is 378 g/mol. The van der Waals surface area contributed by atoms with E-state index >= 15 is 0 Å². The molecule has 2 aliphatic rings. The molecule has 1 aliphatic heterocycles. The molecule has 1 aromatic heterocycles. The predicted octanol–water partition coefficient (Wildman–Crippen LogP) is 3.71. The van der Waals surface area contributed by atoms with Crippen LogP contribution in [-0.2, 0) is 11.2 Å². The number of rotatable bonds is 3. The van der Waals surface area contributed by atoms with Crippen molar-refractivity contribution in [3.63, 3.8) is 0 Å². The molecule has 0 bridgehead atoms. The zero-order valence-electron chi connectivity index (χ0n) is 14.9. The van der Waals surface area contributed by atoms with Crippen LogP contribution in [0.5, 0.6) is 0 Å². The number of aromatic amines is 1. The number of hydrogen-bond donors (Lipinski definition) is 2. The van der Waals surface area contributed by atoms with Crippen LogP contribution in [0.4, 0.5) is 0 Å². The van der Waals surface area contributed by atoms with Crippen molar-refractivity contribution in [1.29, 1.82) is 0 Å². The van der Waals surface area contributed by atoms with Crippen LogP contribution in [0.25, 0.3) is 16.5 Å². The highest BCUT2D eigenvalue weighted by atomic mass is 79.9. The first kappa shape index (κ1) is 16.9. The van der Waals surface area contributed by atoms with E-state index in [1.54, 1.807) is 0 Å². The minimum atomic E-state index is -0.0931. The van der Waals surface area contributed by atoms with Crippen LogP contribution in [0.2, 0.25) is 0 Å². The fourth-order valence-electron chi connectivity index (χ4n) is 4.11. The average molecular weight is 402 g/mol. The van der Waals surface area contributed by atoms with Crippen LogP contribution in [-0.4, -0.2) is 41.5 Å². The molecule has 2 N–H and O–H groups in total. The quantitative estimate of drug-likeness (QED) is 0.822. The molecule has 2 heterocycles. The van der Waals surface area contributed by atoms with Gasteiger partial charge in [0.25, 0.3) is 0 Å². The van der Waals surface area contributed by atoms with Crippen LogP contribution >= 0.6 is 15.9 Å². The van der Waals surface area contributed by atoms with Gasteiger partial charge in [0.15, 0.2) is 0 Å². The number of halogens is 1. The van der Waals surface area contributed by atoms with Crippen LogP contribution in [0.15, 0.2) is 28.9 Å². The monoisotopic (exact) mass is 401 g/mol. The molecule has 0 saturated carbocycles. The second-order valence-corrected chi connectivity index (χ2v) is 8.14. The van der Waals surface area contributed by atoms with Crippen molar-refractivity contribution < 1.29 is 4.79 Å². The standard InChI is InChI=1S/C20H24BrN3O/c1-4-11(2)22-20(25)12-8-14-13-6-5-7-16-18(13)15(19(21)23-16)9-17(14)24(3)10-12/h5-8,11-12,17,23H,4,9-10H2,1-3H3,(H,22,25)/t11-,12-,17-/m1/s1. The molecule has 4 nitrogen and oxygen atoms in total. The number of hydrogen-bond acceptors (Lipinski definition) is 2. The summed E-state index contributed by atoms with van der Waals surface area (Å²) in [6, 6.07) is 6.95. The predicted molar refractivity (Wildman–Crippen MR) is 105 cm³/mol. The van der Waals surface area contributed by atoms with Crippen LogP contribution < -0.4 is 5.32 Å². The highest BCUT2D eigenvalue weighted by Crippen LogP contribution is 2.43. The number of aromatic nitrogens is 1. The van der Waals surface area contributed by atoms with E-state index in [1.165, 1.54) is 22.1 Å². The van der Waals surface area contributed by atoms with E-state index in [4.69, 9.17) is 0 Å². The zero-order valence-corrected chi connectivity index (χ0v) is 16.5. The van der Waals surface area contributed by atoms with Crippen molar-refractivity contribution in [2.75, 3.05) is 13.6 Å². The lowest BCUT2D eigenvalue weighted by Gasteiger charge is -2.39. The first-order valence-corrected chi connectivity index (χ1v) is 9.80. The fraction of sp³-hybridized carbons (Fsp3) is 0.450. The van der Waals surface area contributed by atoms with Crippen molar-refractivity contribution in [2.45, 2.75) is 38.8 Å². The summed E-state index contributed by atoms with van der Waals surface area (Å²) in [4.78, 5) is 18.5. The third-order valence-corrected chi connectivity index (χ3v) is 6.36. The Bertz CT molecular complexity index is 869. The Labute approximate surface area is 156 Å². The largest absolute Gasteiger partial charge is 0.353 e. The Morgan fingerprint density at radius 3 is 3.04 bits per heavy atom. The molecule has 132 valence electrons. The van der Waals surface area contributed by atoms with Gasteiger partial charge in [-0.15, -0.1) is 0 Å². The molecule has 1 amide bonds. The van der Waals surface area contributed by atoms with E-state index in [-0.39, 0.29) is 17.9 Å². The Kier molecular flexibility index (Phi) is 4.24. The number of carbonyl (C=O) groups excluding carboxylic acids is 1. The van der Waals surface area contributed by atoms with Gasteiger partial charge in [-0.25, -0.2) is 0 Å². The first-order valence-electron chi connectivity index (χ1n) is 9.01. The van der Waals surface area contributed by atoms with Gasteiger partial charge >= 0.3 is 0 Å². The first-order chi connectivity index (χ1) is 12.0. The van der Waals surface area contributed by atoms with Gasteiger partial charge in [-0.05, 0) is 65.5 Å². The third-order valence-electron chi connectivity index (χ3n) is 5.68. The molecule has 2 aromatic rings. The molecule has 5 heteroatoms.